The van der Waals surface area contributed by atoms with Crippen molar-refractivity contribution in [1.82, 2.24) is 4.90 Å². The van der Waals surface area contributed by atoms with Crippen molar-refractivity contribution in [2.24, 2.45) is 34.5 Å². The first-order valence-corrected chi connectivity index (χ1v) is 14.3. The minimum absolute atomic E-state index is 0.0374. The summed E-state index contributed by atoms with van der Waals surface area (Å²) in [5.74, 6) is 2.81. The number of thioether (sulfide) groups is 1. The van der Waals surface area contributed by atoms with Crippen molar-refractivity contribution < 1.29 is 20.1 Å². The van der Waals surface area contributed by atoms with Crippen LogP contribution >= 0.6 is 11.8 Å². The summed E-state index contributed by atoms with van der Waals surface area (Å²) >= 11 is 1.93. The molecule has 0 spiro atoms. The first-order chi connectivity index (χ1) is 15.3. The molecule has 0 aromatic rings. The third kappa shape index (κ3) is 3.44. The number of rotatable bonds is 2. The number of ketones is 1. The summed E-state index contributed by atoms with van der Waals surface area (Å²) in [5.41, 5.74) is -2.59. The Morgan fingerprint density at radius 3 is 2.39 bits per heavy atom. The Morgan fingerprint density at radius 1 is 1.00 bits per heavy atom. The first kappa shape index (κ1) is 24.5. The summed E-state index contributed by atoms with van der Waals surface area (Å²) in [6.07, 6.45) is 5.57. The fourth-order valence-corrected chi connectivity index (χ4v) is 10.7. The summed E-state index contributed by atoms with van der Waals surface area (Å²) < 4.78 is 0.0374. The number of nitrogens with zero attached hydrogens (tertiary/aromatic N) is 1. The maximum absolute atomic E-state index is 12.4. The molecule has 4 aliphatic carbocycles. The van der Waals surface area contributed by atoms with E-state index in [0.717, 1.165) is 50.9 Å². The van der Waals surface area contributed by atoms with Gasteiger partial charge in [0.2, 0.25) is 0 Å². The second-order valence-electron chi connectivity index (χ2n) is 13.5. The van der Waals surface area contributed by atoms with Crippen LogP contribution in [0.25, 0.3) is 0 Å². The van der Waals surface area contributed by atoms with Gasteiger partial charge in [0.05, 0.1) is 11.7 Å². The van der Waals surface area contributed by atoms with Gasteiger partial charge < -0.3 is 15.3 Å². The number of Topliss-reactive ketones (excluding diaryl/α,β-unsaturated/α-hetero) is 1. The van der Waals surface area contributed by atoms with E-state index in [2.05, 4.69) is 32.6 Å². The Morgan fingerprint density at radius 2 is 1.73 bits per heavy atom. The number of fused-ring (bicyclic) bond motifs is 5. The number of carbonyl (C=O) groups excluding carboxylic acids is 1. The Kier molecular flexibility index (Phi) is 5.71. The molecule has 5 nitrogen and oxygen atoms in total. The summed E-state index contributed by atoms with van der Waals surface area (Å²) in [6.45, 7) is 12.3. The van der Waals surface area contributed by atoms with Crippen LogP contribution in [0.5, 0.6) is 0 Å². The lowest BCUT2D eigenvalue weighted by atomic mass is 9.42. The SMILES string of the molecule is CC(=O)[C@H]1CC[C@H]2[C@@H]3CCC4(O)CC(O)C(O)(N5CCSC(C)(C)C5)C[C@]4(C)[C@H]3CC[C@]12C. The number of hydrogen-bond acceptors (Lipinski definition) is 6. The normalized spacial score (nSPS) is 54.2. The van der Waals surface area contributed by atoms with Crippen LogP contribution in [0.2, 0.25) is 0 Å². The van der Waals surface area contributed by atoms with Crippen molar-refractivity contribution >= 4 is 17.5 Å². The zero-order chi connectivity index (χ0) is 24.0. The van der Waals surface area contributed by atoms with E-state index in [-0.39, 0.29) is 22.5 Å². The summed E-state index contributed by atoms with van der Waals surface area (Å²) in [6, 6.07) is 0. The van der Waals surface area contributed by atoms with Gasteiger partial charge in [0.25, 0.3) is 0 Å². The predicted molar refractivity (Wildman–Crippen MR) is 132 cm³/mol. The molecule has 0 aromatic heterocycles. The molecule has 5 aliphatic rings. The molecule has 1 aliphatic heterocycles. The minimum Gasteiger partial charge on any atom is -0.389 e. The zero-order valence-corrected chi connectivity index (χ0v) is 22.1. The van der Waals surface area contributed by atoms with E-state index in [4.69, 9.17) is 0 Å². The van der Waals surface area contributed by atoms with Gasteiger partial charge >= 0.3 is 0 Å². The molecule has 3 N–H and O–H groups in total. The molecular formula is C27H45NO4S. The van der Waals surface area contributed by atoms with Crippen molar-refractivity contribution in [3.63, 3.8) is 0 Å². The topological polar surface area (TPSA) is 81.0 Å². The quantitative estimate of drug-likeness (QED) is 0.558. The Bertz CT molecular complexity index is 820. The molecule has 1 saturated heterocycles. The van der Waals surface area contributed by atoms with E-state index in [0.29, 0.717) is 36.4 Å². The van der Waals surface area contributed by atoms with Gasteiger partial charge in [-0.05, 0) is 82.5 Å². The van der Waals surface area contributed by atoms with Crippen LogP contribution in [-0.4, -0.2) is 67.0 Å². The number of hydrogen-bond donors (Lipinski definition) is 3. The van der Waals surface area contributed by atoms with E-state index in [1.165, 1.54) is 0 Å². The van der Waals surface area contributed by atoms with Gasteiger partial charge in [0.1, 0.15) is 11.5 Å². The summed E-state index contributed by atoms with van der Waals surface area (Å²) in [4.78, 5) is 14.6. The third-order valence-corrected chi connectivity index (χ3v) is 12.7. The smallest absolute Gasteiger partial charge is 0.145 e. The van der Waals surface area contributed by atoms with E-state index in [1.54, 1.807) is 6.92 Å². The molecule has 0 amide bonds. The molecule has 188 valence electrons. The predicted octanol–water partition coefficient (Wildman–Crippen LogP) is 3.84. The number of aliphatic hydroxyl groups excluding tert-OH is 1. The molecule has 0 bridgehead atoms. The maximum Gasteiger partial charge on any atom is 0.145 e. The van der Waals surface area contributed by atoms with Crippen molar-refractivity contribution in [2.45, 2.75) is 108 Å². The van der Waals surface area contributed by atoms with Gasteiger partial charge in [-0.15, -0.1) is 0 Å². The van der Waals surface area contributed by atoms with E-state index in [1.807, 2.05) is 11.8 Å². The van der Waals surface area contributed by atoms with Gasteiger partial charge in [-0.2, -0.15) is 11.8 Å². The van der Waals surface area contributed by atoms with E-state index >= 15 is 0 Å². The Hall–Kier alpha value is -0.140. The van der Waals surface area contributed by atoms with Gasteiger partial charge in [-0.25, -0.2) is 0 Å². The van der Waals surface area contributed by atoms with Crippen LogP contribution in [0.15, 0.2) is 0 Å². The highest BCUT2D eigenvalue weighted by atomic mass is 32.2. The van der Waals surface area contributed by atoms with E-state index in [9.17, 15) is 20.1 Å². The molecule has 0 aromatic carbocycles. The van der Waals surface area contributed by atoms with Crippen LogP contribution in [0, 0.1) is 34.5 Å². The molecule has 3 unspecified atom stereocenters. The van der Waals surface area contributed by atoms with Gasteiger partial charge in [-0.1, -0.05) is 13.8 Å². The average molecular weight is 480 g/mol. The maximum atomic E-state index is 12.4. The van der Waals surface area contributed by atoms with Crippen LogP contribution < -0.4 is 0 Å². The largest absolute Gasteiger partial charge is 0.389 e. The number of carbonyl (C=O) groups is 1. The highest BCUT2D eigenvalue weighted by Crippen LogP contribution is 2.69. The van der Waals surface area contributed by atoms with Crippen molar-refractivity contribution in [3.8, 4) is 0 Å². The molecule has 4 saturated carbocycles. The molecular weight excluding hydrogens is 434 g/mol. The van der Waals surface area contributed by atoms with Crippen molar-refractivity contribution in [1.29, 1.82) is 0 Å². The van der Waals surface area contributed by atoms with Crippen molar-refractivity contribution in [2.75, 3.05) is 18.8 Å². The second kappa shape index (κ2) is 7.68. The van der Waals surface area contributed by atoms with Crippen LogP contribution in [0.3, 0.4) is 0 Å². The third-order valence-electron chi connectivity index (χ3n) is 11.4. The lowest BCUT2D eigenvalue weighted by molar-refractivity contribution is -0.301. The molecule has 6 heteroatoms. The highest BCUT2D eigenvalue weighted by Gasteiger charge is 2.69. The zero-order valence-electron chi connectivity index (χ0n) is 21.3. The molecule has 9 atom stereocenters. The molecule has 33 heavy (non-hydrogen) atoms. The van der Waals surface area contributed by atoms with Crippen LogP contribution in [0.1, 0.15) is 86.0 Å². The van der Waals surface area contributed by atoms with Crippen LogP contribution in [0.4, 0.5) is 0 Å². The Labute approximate surface area is 204 Å². The van der Waals surface area contributed by atoms with Crippen molar-refractivity contribution in [3.05, 3.63) is 0 Å². The lowest BCUT2D eigenvalue weighted by Crippen LogP contribution is -2.73. The van der Waals surface area contributed by atoms with Crippen LogP contribution in [-0.2, 0) is 4.79 Å². The van der Waals surface area contributed by atoms with Gasteiger partial charge in [-0.3, -0.25) is 9.69 Å². The Balaban J connectivity index is 1.47. The minimum atomic E-state index is -1.29. The van der Waals surface area contributed by atoms with E-state index < -0.39 is 22.8 Å². The summed E-state index contributed by atoms with van der Waals surface area (Å²) in [7, 11) is 0. The fraction of sp³-hybridized carbons (Fsp3) is 0.963. The first-order valence-electron chi connectivity index (χ1n) is 13.3. The monoisotopic (exact) mass is 479 g/mol. The molecule has 5 rings (SSSR count). The second-order valence-corrected chi connectivity index (χ2v) is 15.3. The van der Waals surface area contributed by atoms with Gasteiger partial charge in [0.15, 0.2) is 0 Å². The average Bonchev–Trinajstić information content (AvgIpc) is 3.07. The lowest BCUT2D eigenvalue weighted by Gasteiger charge is -2.67. The summed E-state index contributed by atoms with van der Waals surface area (Å²) in [5, 5.41) is 35.3. The molecule has 5 fully saturated rings. The standard InChI is InChI=1S/C27H45NO4S/c1-17(29)19-6-7-20-18-8-11-26(31)14-22(30)27(32,28-12-13-33-23(2,3)16-28)15-25(26,5)21(18)9-10-24(19,20)4/h18-22,30-32H,6-16H2,1-5H3/t18-,19+,20-,21-,22?,24+,25+,26?,27?/m0/s1. The highest BCUT2D eigenvalue weighted by molar-refractivity contribution is 8.00. The van der Waals surface area contributed by atoms with Gasteiger partial charge in [0, 0.05) is 47.8 Å². The molecule has 1 heterocycles. The molecule has 0 radical (unpaired) electrons. The number of aliphatic hydroxyl groups is 3. The fourth-order valence-electron chi connectivity index (χ4n) is 9.63.